The van der Waals surface area contributed by atoms with Crippen LogP contribution in [0.5, 0.6) is 0 Å². The van der Waals surface area contributed by atoms with Crippen LogP contribution in [0.25, 0.3) is 17.2 Å². The van der Waals surface area contributed by atoms with E-state index in [4.69, 9.17) is 32.5 Å². The summed E-state index contributed by atoms with van der Waals surface area (Å²) in [5.41, 5.74) is 18.6. The van der Waals surface area contributed by atoms with E-state index < -0.39 is 0 Å². The van der Waals surface area contributed by atoms with Gasteiger partial charge in [-0.15, -0.1) is 19.6 Å². The molecule has 0 fully saturated rings. The van der Waals surface area contributed by atoms with E-state index in [0.717, 1.165) is 0 Å². The number of aliphatic hydroxyl groups is 3. The summed E-state index contributed by atoms with van der Waals surface area (Å²) in [4.78, 5) is 0. The molecular weight excluding hydrogens is 221 g/mol. The molecule has 0 heterocycles. The van der Waals surface area contributed by atoms with Gasteiger partial charge in [0.2, 0.25) is 0 Å². The summed E-state index contributed by atoms with van der Waals surface area (Å²) in [5.74, 6) is 0. The molecular formula is C6H18N3NiO3-3. The quantitative estimate of drug-likeness (QED) is 0.602. The van der Waals surface area contributed by atoms with Crippen LogP contribution in [0.15, 0.2) is 0 Å². The fourth-order valence-electron chi connectivity index (χ4n) is 0. The first kappa shape index (κ1) is 23.2. The van der Waals surface area contributed by atoms with Crippen molar-refractivity contribution in [3.63, 3.8) is 0 Å². The molecule has 0 aliphatic heterocycles. The molecule has 0 saturated heterocycles. The molecule has 0 atom stereocenters. The van der Waals surface area contributed by atoms with Gasteiger partial charge in [-0.3, -0.25) is 0 Å². The monoisotopic (exact) mass is 238 g/mol. The van der Waals surface area contributed by atoms with Crippen LogP contribution in [0.1, 0.15) is 0 Å². The van der Waals surface area contributed by atoms with Gasteiger partial charge < -0.3 is 32.5 Å². The Morgan fingerprint density at radius 1 is 0.615 bits per heavy atom. The van der Waals surface area contributed by atoms with Gasteiger partial charge in [0.15, 0.2) is 0 Å². The van der Waals surface area contributed by atoms with E-state index in [-0.39, 0.29) is 55.9 Å². The van der Waals surface area contributed by atoms with Crippen LogP contribution >= 0.6 is 0 Å². The van der Waals surface area contributed by atoms with Crippen molar-refractivity contribution in [1.82, 2.24) is 0 Å². The van der Waals surface area contributed by atoms with Gasteiger partial charge in [-0.25, -0.2) is 0 Å². The first-order chi connectivity index (χ1) is 5.74. The fourth-order valence-corrected chi connectivity index (χ4v) is 0. The molecule has 0 aromatic rings. The second-order valence-electron chi connectivity index (χ2n) is 1.42. The molecule has 0 unspecified atom stereocenters. The zero-order valence-corrected chi connectivity index (χ0v) is 8.39. The van der Waals surface area contributed by atoms with Gasteiger partial charge in [0.05, 0.1) is 0 Å². The molecule has 88 valence electrons. The van der Waals surface area contributed by atoms with Gasteiger partial charge in [0.25, 0.3) is 0 Å². The molecule has 0 spiro atoms. The topological polar surface area (TPSA) is 132 Å². The van der Waals surface area contributed by atoms with Crippen LogP contribution in [0.2, 0.25) is 0 Å². The van der Waals surface area contributed by atoms with Crippen molar-refractivity contribution in [3.05, 3.63) is 17.2 Å². The van der Waals surface area contributed by atoms with Gasteiger partial charge in [0.1, 0.15) is 0 Å². The Kier molecular flexibility index (Phi) is 70.9. The van der Waals surface area contributed by atoms with Crippen LogP contribution in [0, 0.1) is 0 Å². The Balaban J connectivity index is -0.0000000450. The summed E-state index contributed by atoms with van der Waals surface area (Å²) in [6, 6.07) is 0. The average Bonchev–Trinajstić information content (AvgIpc) is 2.18. The molecule has 0 saturated carbocycles. The van der Waals surface area contributed by atoms with E-state index in [1.165, 1.54) is 0 Å². The maximum atomic E-state index is 7.69. The van der Waals surface area contributed by atoms with Crippen molar-refractivity contribution in [2.24, 2.45) is 0 Å². The van der Waals surface area contributed by atoms with Gasteiger partial charge >= 0.3 is 0 Å². The third kappa shape index (κ3) is 122. The molecule has 0 rings (SSSR count). The van der Waals surface area contributed by atoms with Crippen molar-refractivity contribution < 1.29 is 31.8 Å². The Labute approximate surface area is 89.0 Å². The van der Waals surface area contributed by atoms with Crippen molar-refractivity contribution in [2.75, 3.05) is 39.5 Å². The molecule has 6 N–H and O–H groups in total. The van der Waals surface area contributed by atoms with Crippen LogP contribution in [-0.2, 0) is 16.5 Å². The molecule has 13 heavy (non-hydrogen) atoms. The number of hydrogen-bond acceptors (Lipinski definition) is 3. The van der Waals surface area contributed by atoms with Gasteiger partial charge in [-0.05, 0) is 0 Å². The average molecular weight is 239 g/mol. The van der Waals surface area contributed by atoms with Crippen LogP contribution in [-0.4, -0.2) is 54.8 Å². The van der Waals surface area contributed by atoms with Crippen LogP contribution in [0.3, 0.4) is 0 Å². The maximum absolute atomic E-state index is 7.69. The summed E-state index contributed by atoms with van der Waals surface area (Å²) < 4.78 is 0. The Morgan fingerprint density at radius 2 is 0.692 bits per heavy atom. The number of aliphatic hydroxyl groups excluding tert-OH is 3. The van der Waals surface area contributed by atoms with E-state index >= 15 is 0 Å². The van der Waals surface area contributed by atoms with Crippen LogP contribution < -0.4 is 0 Å². The minimum absolute atomic E-state index is 0. The molecule has 7 heteroatoms. The molecule has 0 radical (unpaired) electrons. The molecule has 0 aliphatic carbocycles. The molecule has 6 nitrogen and oxygen atoms in total. The van der Waals surface area contributed by atoms with Gasteiger partial charge in [0, 0.05) is 36.3 Å². The standard InChI is InChI=1S/3C2H6NO.Ni/c3*3-1-2-4;/h3*3-4H,1-2H2;/q3*-1;. The minimum atomic E-state index is -0.0139. The van der Waals surface area contributed by atoms with E-state index in [0.29, 0.717) is 0 Å². The van der Waals surface area contributed by atoms with Crippen molar-refractivity contribution >= 4 is 0 Å². The van der Waals surface area contributed by atoms with E-state index in [1.54, 1.807) is 0 Å². The van der Waals surface area contributed by atoms with Crippen LogP contribution in [0.4, 0.5) is 0 Å². The first-order valence-electron chi connectivity index (χ1n) is 3.51. The second-order valence-corrected chi connectivity index (χ2v) is 1.42. The predicted octanol–water partition coefficient (Wildman–Crippen LogP) is 0.0902. The molecule has 0 bridgehead atoms. The smallest absolute Gasteiger partial charge is 0.0241 e. The number of rotatable bonds is 3. The minimum Gasteiger partial charge on any atom is -0.676 e. The summed E-state index contributed by atoms with van der Waals surface area (Å²) in [6.45, 7) is 0.333. The number of nitrogens with one attached hydrogen (secondary N) is 3. The maximum Gasteiger partial charge on any atom is 0.0241 e. The molecule has 0 aromatic heterocycles. The predicted molar refractivity (Wildman–Crippen MR) is 48.8 cm³/mol. The second kappa shape index (κ2) is 39.7. The fraction of sp³-hybridized carbons (Fsp3) is 1.00. The molecule has 0 aromatic carbocycles. The Morgan fingerprint density at radius 3 is 0.692 bits per heavy atom. The summed E-state index contributed by atoms with van der Waals surface area (Å²) in [6.07, 6.45) is 0. The van der Waals surface area contributed by atoms with Crippen molar-refractivity contribution in [2.45, 2.75) is 0 Å². The third-order valence-electron chi connectivity index (χ3n) is 0.335. The molecule has 0 amide bonds. The van der Waals surface area contributed by atoms with Crippen molar-refractivity contribution in [3.8, 4) is 0 Å². The Hall–Kier alpha value is 0.254. The van der Waals surface area contributed by atoms with E-state index in [1.807, 2.05) is 0 Å². The van der Waals surface area contributed by atoms with Crippen molar-refractivity contribution in [1.29, 1.82) is 0 Å². The van der Waals surface area contributed by atoms with E-state index in [9.17, 15) is 0 Å². The summed E-state index contributed by atoms with van der Waals surface area (Å²) in [7, 11) is 0. The third-order valence-corrected chi connectivity index (χ3v) is 0.335. The first-order valence-corrected chi connectivity index (χ1v) is 3.51. The molecule has 0 aliphatic rings. The largest absolute Gasteiger partial charge is 0.676 e. The normalized spacial score (nSPS) is 6.92. The van der Waals surface area contributed by atoms with Gasteiger partial charge in [-0.2, -0.15) is 0 Å². The zero-order chi connectivity index (χ0) is 10.2. The number of hydrogen-bond donors (Lipinski definition) is 3. The Bertz CT molecular complexity index is 38.6. The van der Waals surface area contributed by atoms with E-state index in [2.05, 4.69) is 0 Å². The zero-order valence-electron chi connectivity index (χ0n) is 7.40. The summed E-state index contributed by atoms with van der Waals surface area (Å²) in [5, 5.41) is 23.1. The SMILES string of the molecule is [NH-]CCO.[NH-]CCO.[NH-]CCO.[Ni]. The van der Waals surface area contributed by atoms with Gasteiger partial charge in [-0.1, -0.05) is 0 Å². The summed E-state index contributed by atoms with van der Waals surface area (Å²) >= 11 is 0.